The van der Waals surface area contributed by atoms with Crippen molar-refractivity contribution in [3.63, 3.8) is 0 Å². The standard InChI is InChI=1S/C17H25NO2S/c1-17(2,3)20-16(19)18-14-11-7-8-12-15(14)21-13-9-5-4-6-10-13/h4-6,9-10,14-15H,7-8,11-12H2,1-3H3,(H,18,19). The van der Waals surface area contributed by atoms with Crippen LogP contribution in [-0.2, 0) is 4.74 Å². The van der Waals surface area contributed by atoms with Crippen LogP contribution in [0.3, 0.4) is 0 Å². The minimum Gasteiger partial charge on any atom is -0.444 e. The van der Waals surface area contributed by atoms with E-state index in [1.54, 1.807) is 0 Å². The van der Waals surface area contributed by atoms with Crippen LogP contribution in [0.15, 0.2) is 35.2 Å². The van der Waals surface area contributed by atoms with E-state index in [0.29, 0.717) is 5.25 Å². The highest BCUT2D eigenvalue weighted by atomic mass is 32.2. The molecule has 3 nitrogen and oxygen atoms in total. The molecule has 2 rings (SSSR count). The summed E-state index contributed by atoms with van der Waals surface area (Å²) in [5.74, 6) is 0. The molecule has 2 atom stereocenters. The maximum absolute atomic E-state index is 12.0. The number of nitrogens with one attached hydrogen (secondary N) is 1. The van der Waals surface area contributed by atoms with Gasteiger partial charge in [0.1, 0.15) is 5.60 Å². The van der Waals surface area contributed by atoms with E-state index < -0.39 is 5.60 Å². The minimum atomic E-state index is -0.444. The van der Waals surface area contributed by atoms with E-state index in [0.717, 1.165) is 12.8 Å². The molecule has 0 spiro atoms. The third kappa shape index (κ3) is 5.62. The number of hydrogen-bond acceptors (Lipinski definition) is 3. The zero-order valence-electron chi connectivity index (χ0n) is 13.1. The Balaban J connectivity index is 1.94. The molecule has 0 heterocycles. The van der Waals surface area contributed by atoms with Crippen molar-refractivity contribution in [1.82, 2.24) is 5.32 Å². The molecule has 1 aromatic rings. The molecule has 1 aliphatic carbocycles. The minimum absolute atomic E-state index is 0.193. The number of alkyl carbamates (subject to hydrolysis) is 1. The van der Waals surface area contributed by atoms with Crippen LogP contribution in [0, 0.1) is 0 Å². The molecule has 116 valence electrons. The third-order valence-corrected chi connectivity index (χ3v) is 4.85. The molecule has 21 heavy (non-hydrogen) atoms. The number of hydrogen-bond donors (Lipinski definition) is 1. The summed E-state index contributed by atoms with van der Waals surface area (Å²) in [6.07, 6.45) is 4.28. The van der Waals surface area contributed by atoms with E-state index in [1.165, 1.54) is 17.7 Å². The molecule has 1 amide bonds. The first-order valence-corrected chi connectivity index (χ1v) is 8.53. The van der Waals surface area contributed by atoms with Crippen LogP contribution in [-0.4, -0.2) is 23.0 Å². The molecule has 0 radical (unpaired) electrons. The van der Waals surface area contributed by atoms with Crippen LogP contribution in [0.5, 0.6) is 0 Å². The summed E-state index contributed by atoms with van der Waals surface area (Å²) in [7, 11) is 0. The van der Waals surface area contributed by atoms with Gasteiger partial charge in [-0.2, -0.15) is 0 Å². The summed E-state index contributed by atoms with van der Waals surface area (Å²) >= 11 is 1.86. The van der Waals surface area contributed by atoms with Crippen molar-refractivity contribution in [2.24, 2.45) is 0 Å². The zero-order valence-corrected chi connectivity index (χ0v) is 13.9. The highest BCUT2D eigenvalue weighted by Crippen LogP contribution is 2.33. The van der Waals surface area contributed by atoms with Gasteiger partial charge >= 0.3 is 6.09 Å². The molecule has 2 unspecified atom stereocenters. The third-order valence-electron chi connectivity index (χ3n) is 3.44. The average molecular weight is 307 g/mol. The molecule has 1 aliphatic rings. The number of ether oxygens (including phenoxy) is 1. The van der Waals surface area contributed by atoms with E-state index in [4.69, 9.17) is 4.74 Å². The quantitative estimate of drug-likeness (QED) is 0.886. The maximum Gasteiger partial charge on any atom is 0.407 e. The fourth-order valence-electron chi connectivity index (χ4n) is 2.54. The van der Waals surface area contributed by atoms with Crippen molar-refractivity contribution in [2.45, 2.75) is 68.2 Å². The lowest BCUT2D eigenvalue weighted by Crippen LogP contribution is -2.45. The molecule has 0 aliphatic heterocycles. The zero-order chi connectivity index (χ0) is 15.3. The van der Waals surface area contributed by atoms with Crippen LogP contribution in [0.4, 0.5) is 4.79 Å². The molecule has 4 heteroatoms. The molecule has 0 bridgehead atoms. The Kier molecular flexibility index (Phi) is 5.57. The van der Waals surface area contributed by atoms with Gasteiger partial charge in [0.15, 0.2) is 0 Å². The second kappa shape index (κ2) is 7.21. The molecule has 0 aromatic heterocycles. The fraction of sp³-hybridized carbons (Fsp3) is 0.588. The summed E-state index contributed by atoms with van der Waals surface area (Å²) in [6.45, 7) is 5.68. The highest BCUT2D eigenvalue weighted by Gasteiger charge is 2.29. The summed E-state index contributed by atoms with van der Waals surface area (Å²) in [5.41, 5.74) is -0.444. The van der Waals surface area contributed by atoms with Gasteiger partial charge in [-0.1, -0.05) is 31.0 Å². The number of amides is 1. The van der Waals surface area contributed by atoms with Crippen molar-refractivity contribution in [3.05, 3.63) is 30.3 Å². The Bertz CT molecular complexity index is 456. The largest absolute Gasteiger partial charge is 0.444 e. The van der Waals surface area contributed by atoms with Gasteiger partial charge in [-0.05, 0) is 45.7 Å². The summed E-state index contributed by atoms with van der Waals surface area (Å²) < 4.78 is 5.38. The maximum atomic E-state index is 12.0. The van der Waals surface area contributed by atoms with Gasteiger partial charge in [-0.25, -0.2) is 4.79 Å². The van der Waals surface area contributed by atoms with E-state index in [-0.39, 0.29) is 12.1 Å². The van der Waals surface area contributed by atoms with Gasteiger partial charge in [-0.3, -0.25) is 0 Å². The number of benzene rings is 1. The first kappa shape index (κ1) is 16.2. The first-order chi connectivity index (χ1) is 9.94. The molecule has 1 saturated carbocycles. The van der Waals surface area contributed by atoms with Crippen LogP contribution in [0.2, 0.25) is 0 Å². The summed E-state index contributed by atoms with van der Waals surface area (Å²) in [6, 6.07) is 10.6. The number of carbonyl (C=O) groups excluding carboxylic acids is 1. The Labute approximate surface area is 131 Å². The van der Waals surface area contributed by atoms with Gasteiger partial charge in [0.25, 0.3) is 0 Å². The summed E-state index contributed by atoms with van der Waals surface area (Å²) in [5, 5.41) is 3.49. The summed E-state index contributed by atoms with van der Waals surface area (Å²) in [4.78, 5) is 13.2. The topological polar surface area (TPSA) is 38.3 Å². The van der Waals surface area contributed by atoms with Gasteiger partial charge in [0.2, 0.25) is 0 Å². The Morgan fingerprint density at radius 3 is 2.52 bits per heavy atom. The van der Waals surface area contributed by atoms with Crippen molar-refractivity contribution in [3.8, 4) is 0 Å². The van der Waals surface area contributed by atoms with Crippen LogP contribution >= 0.6 is 11.8 Å². The Hall–Kier alpha value is -1.16. The SMILES string of the molecule is CC(C)(C)OC(=O)NC1CCCCC1Sc1ccccc1. The lowest BCUT2D eigenvalue weighted by Gasteiger charge is -2.32. The molecule has 1 N–H and O–H groups in total. The van der Waals surface area contributed by atoms with Crippen molar-refractivity contribution in [2.75, 3.05) is 0 Å². The second-order valence-corrected chi connectivity index (χ2v) is 7.82. The van der Waals surface area contributed by atoms with Gasteiger partial charge in [-0.15, -0.1) is 11.8 Å². The monoisotopic (exact) mass is 307 g/mol. The van der Waals surface area contributed by atoms with Crippen LogP contribution < -0.4 is 5.32 Å². The molecule has 0 saturated heterocycles. The normalized spacial score (nSPS) is 22.6. The van der Waals surface area contributed by atoms with E-state index in [1.807, 2.05) is 38.6 Å². The van der Waals surface area contributed by atoms with Crippen molar-refractivity contribution in [1.29, 1.82) is 0 Å². The number of thioether (sulfide) groups is 1. The molecule has 1 aromatic carbocycles. The second-order valence-electron chi connectivity index (χ2n) is 6.51. The first-order valence-electron chi connectivity index (χ1n) is 7.65. The lowest BCUT2D eigenvalue weighted by atomic mass is 9.95. The van der Waals surface area contributed by atoms with E-state index >= 15 is 0 Å². The van der Waals surface area contributed by atoms with E-state index in [2.05, 4.69) is 29.6 Å². The van der Waals surface area contributed by atoms with Crippen LogP contribution in [0.25, 0.3) is 0 Å². The van der Waals surface area contributed by atoms with Gasteiger partial charge < -0.3 is 10.1 Å². The van der Waals surface area contributed by atoms with E-state index in [9.17, 15) is 4.79 Å². The predicted octanol–water partition coefficient (Wildman–Crippen LogP) is 4.61. The number of carbonyl (C=O) groups is 1. The van der Waals surface area contributed by atoms with Crippen molar-refractivity contribution < 1.29 is 9.53 Å². The fourth-order valence-corrected chi connectivity index (χ4v) is 3.85. The van der Waals surface area contributed by atoms with Crippen molar-refractivity contribution >= 4 is 17.9 Å². The molecular weight excluding hydrogens is 282 g/mol. The highest BCUT2D eigenvalue weighted by molar-refractivity contribution is 8.00. The molecule has 1 fully saturated rings. The predicted molar refractivity (Wildman–Crippen MR) is 87.7 cm³/mol. The smallest absolute Gasteiger partial charge is 0.407 e. The Morgan fingerprint density at radius 2 is 1.86 bits per heavy atom. The van der Waals surface area contributed by atoms with Gasteiger partial charge in [0, 0.05) is 16.2 Å². The number of rotatable bonds is 3. The Morgan fingerprint density at radius 1 is 1.19 bits per heavy atom. The van der Waals surface area contributed by atoms with Gasteiger partial charge in [0.05, 0.1) is 0 Å². The molecular formula is C17H25NO2S. The van der Waals surface area contributed by atoms with Crippen LogP contribution in [0.1, 0.15) is 46.5 Å². The lowest BCUT2D eigenvalue weighted by molar-refractivity contribution is 0.0495. The average Bonchev–Trinajstić information content (AvgIpc) is 2.40.